The van der Waals surface area contributed by atoms with E-state index in [1.54, 1.807) is 6.07 Å². The second-order valence-corrected chi connectivity index (χ2v) is 4.79. The first kappa shape index (κ1) is 8.75. The Balaban J connectivity index is 2.35. The first-order valence-electron chi connectivity index (χ1n) is 3.95. The molecular weight excluding hydrogens is 189 g/mol. The van der Waals surface area contributed by atoms with E-state index in [0.29, 0.717) is 12.4 Å². The molecule has 0 amide bonds. The Morgan fingerprint density at radius 3 is 3.00 bits per heavy atom. The van der Waals surface area contributed by atoms with Crippen molar-refractivity contribution in [1.29, 1.82) is 0 Å². The molecule has 1 atom stereocenters. The van der Waals surface area contributed by atoms with Crippen molar-refractivity contribution < 1.29 is 13.6 Å². The molecule has 1 aromatic carbocycles. The van der Waals surface area contributed by atoms with Gasteiger partial charge in [0.15, 0.2) is 0 Å². The normalized spacial score (nSPS) is 26.2. The van der Waals surface area contributed by atoms with Crippen molar-refractivity contribution >= 4 is 7.60 Å². The summed E-state index contributed by atoms with van der Waals surface area (Å²) in [7, 11) is -3.05. The number of hydrogen-bond donors (Lipinski definition) is 1. The van der Waals surface area contributed by atoms with Crippen LogP contribution >= 0.6 is 7.60 Å². The van der Waals surface area contributed by atoms with Gasteiger partial charge in [-0.05, 0) is 6.07 Å². The van der Waals surface area contributed by atoms with Crippen LogP contribution in [0, 0.1) is 0 Å². The Labute approximate surface area is 76.2 Å². The fourth-order valence-electron chi connectivity index (χ4n) is 1.15. The summed E-state index contributed by atoms with van der Waals surface area (Å²) >= 11 is 0. The maximum Gasteiger partial charge on any atom is 0.393 e. The third-order valence-electron chi connectivity index (χ3n) is 1.85. The van der Waals surface area contributed by atoms with Crippen LogP contribution in [0.5, 0.6) is 5.75 Å². The molecule has 0 spiro atoms. The molecule has 0 aromatic heterocycles. The number of fused-ring (bicyclic) bond motifs is 1. The lowest BCUT2D eigenvalue weighted by molar-refractivity contribution is 0.232. The predicted octanol–water partition coefficient (Wildman–Crippen LogP) is 1.70. The van der Waals surface area contributed by atoms with Crippen molar-refractivity contribution in [2.45, 2.75) is 6.61 Å². The van der Waals surface area contributed by atoms with Gasteiger partial charge in [0.05, 0.1) is 6.61 Å². The maximum absolute atomic E-state index is 11.6. The molecule has 1 heterocycles. The monoisotopic (exact) mass is 199 g/mol. The van der Waals surface area contributed by atoms with Crippen LogP contribution in [0.1, 0.15) is 5.56 Å². The van der Waals surface area contributed by atoms with Crippen LogP contribution < -0.4 is 10.3 Å². The Morgan fingerprint density at radius 1 is 1.46 bits per heavy atom. The average Bonchev–Trinajstić information content (AvgIpc) is 2.18. The molecule has 0 radical (unpaired) electrons. The van der Waals surface area contributed by atoms with Crippen LogP contribution in [0.15, 0.2) is 24.3 Å². The number of rotatable bonds is 1. The van der Waals surface area contributed by atoms with E-state index in [1.165, 1.54) is 0 Å². The molecule has 0 saturated carbocycles. The molecule has 1 aliphatic rings. The van der Waals surface area contributed by atoms with E-state index in [9.17, 15) is 4.57 Å². The predicted molar refractivity (Wildman–Crippen MR) is 48.5 cm³/mol. The van der Waals surface area contributed by atoms with E-state index < -0.39 is 7.60 Å². The lowest BCUT2D eigenvalue weighted by Crippen LogP contribution is -2.13. The Morgan fingerprint density at radius 2 is 2.23 bits per heavy atom. The van der Waals surface area contributed by atoms with Gasteiger partial charge in [-0.1, -0.05) is 18.2 Å². The summed E-state index contributed by atoms with van der Waals surface area (Å²) in [6.45, 7) is 0.310. The van der Waals surface area contributed by atoms with Crippen molar-refractivity contribution in [2.75, 3.05) is 6.29 Å². The molecule has 0 saturated heterocycles. The number of benzene rings is 1. The Hall–Kier alpha value is -0.830. The van der Waals surface area contributed by atoms with Crippen molar-refractivity contribution in [1.82, 2.24) is 0 Å². The molecule has 5 heteroatoms. The highest BCUT2D eigenvalue weighted by atomic mass is 31.2. The summed E-state index contributed by atoms with van der Waals surface area (Å²) in [4.78, 5) is 0. The van der Waals surface area contributed by atoms with Crippen molar-refractivity contribution in [3.63, 3.8) is 0 Å². The topological polar surface area (TPSA) is 61.6 Å². The van der Waals surface area contributed by atoms with E-state index in [0.717, 1.165) is 5.56 Å². The summed E-state index contributed by atoms with van der Waals surface area (Å²) < 4.78 is 21.8. The molecule has 4 nitrogen and oxygen atoms in total. The zero-order valence-electron chi connectivity index (χ0n) is 6.97. The van der Waals surface area contributed by atoms with Crippen LogP contribution in [0.25, 0.3) is 0 Å². The highest BCUT2D eigenvalue weighted by Crippen LogP contribution is 2.51. The summed E-state index contributed by atoms with van der Waals surface area (Å²) in [6.07, 6.45) is -0.0820. The number of hydrogen-bond acceptors (Lipinski definition) is 4. The highest BCUT2D eigenvalue weighted by molar-refractivity contribution is 7.54. The van der Waals surface area contributed by atoms with Gasteiger partial charge in [-0.25, -0.2) is 4.57 Å². The van der Waals surface area contributed by atoms with Gasteiger partial charge < -0.3 is 10.3 Å². The third-order valence-corrected chi connectivity index (χ3v) is 3.29. The lowest BCUT2D eigenvalue weighted by atomic mass is 10.2. The molecule has 2 rings (SSSR count). The van der Waals surface area contributed by atoms with Gasteiger partial charge in [-0.2, -0.15) is 0 Å². The third kappa shape index (κ3) is 1.61. The van der Waals surface area contributed by atoms with E-state index in [1.807, 2.05) is 18.2 Å². The quantitative estimate of drug-likeness (QED) is 0.699. The van der Waals surface area contributed by atoms with Gasteiger partial charge in [0, 0.05) is 5.56 Å². The van der Waals surface area contributed by atoms with Gasteiger partial charge in [0.1, 0.15) is 12.0 Å². The van der Waals surface area contributed by atoms with Crippen LogP contribution in [-0.2, 0) is 15.7 Å². The van der Waals surface area contributed by atoms with Gasteiger partial charge in [0.2, 0.25) is 0 Å². The second kappa shape index (κ2) is 3.14. The molecule has 1 aromatic rings. The van der Waals surface area contributed by atoms with Crippen molar-refractivity contribution in [2.24, 2.45) is 5.73 Å². The fourth-order valence-corrected chi connectivity index (χ4v) is 2.19. The van der Waals surface area contributed by atoms with Gasteiger partial charge in [-0.3, -0.25) is 4.52 Å². The standard InChI is InChI=1S/C8H10NO3P/c9-6-13(10)11-5-7-3-1-2-4-8(7)12-13/h1-4H,5-6,9H2. The number of nitrogens with two attached hydrogens (primary N) is 1. The molecule has 0 bridgehead atoms. The minimum absolute atomic E-state index is 0.0820. The first-order valence-corrected chi connectivity index (χ1v) is 5.67. The maximum atomic E-state index is 11.6. The molecule has 0 fully saturated rings. The zero-order valence-corrected chi connectivity index (χ0v) is 7.87. The van der Waals surface area contributed by atoms with E-state index >= 15 is 0 Å². The summed E-state index contributed by atoms with van der Waals surface area (Å²) in [6, 6.07) is 7.34. The summed E-state index contributed by atoms with van der Waals surface area (Å²) in [5.74, 6) is 0.613. The largest absolute Gasteiger partial charge is 0.423 e. The zero-order chi connectivity index (χ0) is 9.31. The van der Waals surface area contributed by atoms with E-state index in [-0.39, 0.29) is 6.29 Å². The van der Waals surface area contributed by atoms with Crippen LogP contribution in [0.4, 0.5) is 0 Å². The Kier molecular flexibility index (Phi) is 2.12. The first-order chi connectivity index (χ1) is 6.23. The van der Waals surface area contributed by atoms with Crippen LogP contribution in [0.2, 0.25) is 0 Å². The second-order valence-electron chi connectivity index (χ2n) is 2.77. The molecule has 0 aliphatic carbocycles. The highest BCUT2D eigenvalue weighted by Gasteiger charge is 2.29. The molecular formula is C8H10NO3P. The smallest absolute Gasteiger partial charge is 0.393 e. The molecule has 2 N–H and O–H groups in total. The van der Waals surface area contributed by atoms with Gasteiger partial charge in [-0.15, -0.1) is 0 Å². The SMILES string of the molecule is NCP1(=O)OCc2ccccc2O1. The number of para-hydroxylation sites is 1. The van der Waals surface area contributed by atoms with E-state index in [2.05, 4.69) is 0 Å². The Bertz CT molecular complexity index is 366. The molecule has 1 aliphatic heterocycles. The molecule has 70 valence electrons. The summed E-state index contributed by atoms with van der Waals surface area (Å²) in [5.41, 5.74) is 6.19. The molecule has 13 heavy (non-hydrogen) atoms. The summed E-state index contributed by atoms with van der Waals surface area (Å²) in [5, 5.41) is 0. The van der Waals surface area contributed by atoms with E-state index in [4.69, 9.17) is 14.8 Å². The minimum Gasteiger partial charge on any atom is -0.423 e. The minimum atomic E-state index is -3.05. The van der Waals surface area contributed by atoms with Crippen LogP contribution in [0.3, 0.4) is 0 Å². The van der Waals surface area contributed by atoms with Crippen LogP contribution in [-0.4, -0.2) is 6.29 Å². The lowest BCUT2D eigenvalue weighted by Gasteiger charge is -2.24. The van der Waals surface area contributed by atoms with Crippen molar-refractivity contribution in [3.8, 4) is 5.75 Å². The fraction of sp³-hybridized carbons (Fsp3) is 0.250. The average molecular weight is 199 g/mol. The van der Waals surface area contributed by atoms with Crippen molar-refractivity contribution in [3.05, 3.63) is 29.8 Å². The molecule has 1 unspecified atom stereocenters. The van der Waals surface area contributed by atoms with Gasteiger partial charge in [0.25, 0.3) is 0 Å². The van der Waals surface area contributed by atoms with Gasteiger partial charge >= 0.3 is 7.60 Å².